The molecule has 1 aromatic rings. The van der Waals surface area contributed by atoms with Crippen molar-refractivity contribution in [2.75, 3.05) is 6.61 Å². The van der Waals surface area contributed by atoms with Crippen molar-refractivity contribution in [1.82, 2.24) is 5.32 Å². The summed E-state index contributed by atoms with van der Waals surface area (Å²) in [5.41, 5.74) is 0.496. The number of nitro groups is 1. The summed E-state index contributed by atoms with van der Waals surface area (Å²) in [4.78, 5) is 32.3. The molecule has 8 heteroatoms. The number of aliphatic hydroxyl groups is 1. The van der Waals surface area contributed by atoms with Crippen molar-refractivity contribution in [3.63, 3.8) is 0 Å². The molecule has 0 bridgehead atoms. The minimum absolute atomic E-state index is 0.0644. The Balaban J connectivity index is 2.64. The Kier molecular flexibility index (Phi) is 6.02. The molecule has 0 radical (unpaired) electrons. The normalized spacial score (nSPS) is 12.0. The summed E-state index contributed by atoms with van der Waals surface area (Å²) in [6.45, 7) is -0.358. The highest BCUT2D eigenvalue weighted by atomic mass is 16.6. The molecular weight excluding hydrogens is 280 g/mol. The molecule has 0 aliphatic carbocycles. The minimum Gasteiger partial charge on any atom is -0.480 e. The van der Waals surface area contributed by atoms with Crippen LogP contribution < -0.4 is 5.32 Å². The van der Waals surface area contributed by atoms with E-state index in [0.717, 1.165) is 6.08 Å². The zero-order chi connectivity index (χ0) is 15.8. The maximum Gasteiger partial charge on any atom is 0.326 e. The van der Waals surface area contributed by atoms with Gasteiger partial charge in [-0.25, -0.2) is 4.79 Å². The molecule has 0 fully saturated rings. The van der Waals surface area contributed by atoms with Gasteiger partial charge >= 0.3 is 5.97 Å². The van der Waals surface area contributed by atoms with Gasteiger partial charge in [0.1, 0.15) is 6.04 Å². The lowest BCUT2D eigenvalue weighted by Crippen LogP contribution is -2.40. The Bertz CT molecular complexity index is 552. The maximum absolute atomic E-state index is 11.5. The van der Waals surface area contributed by atoms with Crippen molar-refractivity contribution in [3.05, 3.63) is 46.0 Å². The van der Waals surface area contributed by atoms with Gasteiger partial charge in [-0.3, -0.25) is 14.9 Å². The van der Waals surface area contributed by atoms with Gasteiger partial charge < -0.3 is 15.5 Å². The number of nitrogens with one attached hydrogen (secondary N) is 1. The molecule has 1 atom stereocenters. The van der Waals surface area contributed by atoms with Crippen LogP contribution in [0.3, 0.4) is 0 Å². The van der Waals surface area contributed by atoms with E-state index in [9.17, 15) is 19.7 Å². The standard InChI is InChI=1S/C13H14N2O6/c16-8-7-11(13(18)19)14-12(17)6-3-9-1-4-10(5-2-9)15(20)21/h1-6,11,16H,7-8H2,(H,14,17)(H,18,19)/b6-3+. The van der Waals surface area contributed by atoms with Gasteiger partial charge in [-0.1, -0.05) is 0 Å². The van der Waals surface area contributed by atoms with E-state index in [2.05, 4.69) is 5.32 Å². The van der Waals surface area contributed by atoms with Gasteiger partial charge in [-0.05, 0) is 23.8 Å². The van der Waals surface area contributed by atoms with Gasteiger partial charge in [0.05, 0.1) is 4.92 Å². The molecule has 8 nitrogen and oxygen atoms in total. The molecular formula is C13H14N2O6. The number of carbonyl (C=O) groups excluding carboxylic acids is 1. The van der Waals surface area contributed by atoms with Crippen LogP contribution in [0.1, 0.15) is 12.0 Å². The molecule has 1 aromatic carbocycles. The lowest BCUT2D eigenvalue weighted by atomic mass is 10.2. The van der Waals surface area contributed by atoms with E-state index < -0.39 is 22.8 Å². The smallest absolute Gasteiger partial charge is 0.326 e. The van der Waals surface area contributed by atoms with Gasteiger partial charge in [0.2, 0.25) is 5.91 Å². The molecule has 0 spiro atoms. The summed E-state index contributed by atoms with van der Waals surface area (Å²) in [7, 11) is 0. The molecule has 0 heterocycles. The fraction of sp³-hybridized carbons (Fsp3) is 0.231. The summed E-state index contributed by atoms with van der Waals surface area (Å²) >= 11 is 0. The molecule has 0 aromatic heterocycles. The Morgan fingerprint density at radius 3 is 2.43 bits per heavy atom. The van der Waals surface area contributed by atoms with Crippen LogP contribution in [0.25, 0.3) is 6.08 Å². The predicted octanol–water partition coefficient (Wildman–Crippen LogP) is 0.560. The fourth-order valence-corrected chi connectivity index (χ4v) is 1.49. The number of nitro benzene ring substituents is 1. The number of benzene rings is 1. The third-order valence-electron chi connectivity index (χ3n) is 2.56. The Morgan fingerprint density at radius 2 is 1.95 bits per heavy atom. The summed E-state index contributed by atoms with van der Waals surface area (Å²) in [6, 6.07) is 4.35. The molecule has 112 valence electrons. The molecule has 3 N–H and O–H groups in total. The molecule has 1 unspecified atom stereocenters. The van der Waals surface area contributed by atoms with E-state index in [1.807, 2.05) is 0 Å². The van der Waals surface area contributed by atoms with E-state index in [1.165, 1.54) is 30.3 Å². The number of hydrogen-bond donors (Lipinski definition) is 3. The molecule has 0 saturated carbocycles. The second kappa shape index (κ2) is 7.75. The Hall–Kier alpha value is -2.74. The van der Waals surface area contributed by atoms with Crippen molar-refractivity contribution in [2.45, 2.75) is 12.5 Å². The first-order valence-corrected chi connectivity index (χ1v) is 6.00. The van der Waals surface area contributed by atoms with E-state index in [-0.39, 0.29) is 18.7 Å². The summed E-state index contributed by atoms with van der Waals surface area (Å²) < 4.78 is 0. The van der Waals surface area contributed by atoms with Crippen LogP contribution in [0.4, 0.5) is 5.69 Å². The topological polar surface area (TPSA) is 130 Å². The van der Waals surface area contributed by atoms with E-state index in [4.69, 9.17) is 10.2 Å². The number of rotatable bonds is 7. The van der Waals surface area contributed by atoms with Crippen LogP contribution in [0.5, 0.6) is 0 Å². The van der Waals surface area contributed by atoms with E-state index >= 15 is 0 Å². The number of carboxylic acids is 1. The number of hydrogen-bond acceptors (Lipinski definition) is 5. The summed E-state index contributed by atoms with van der Waals surface area (Å²) in [5, 5.41) is 30.2. The average Bonchev–Trinajstić information content (AvgIpc) is 2.45. The van der Waals surface area contributed by atoms with Crippen LogP contribution in [-0.4, -0.2) is 39.7 Å². The van der Waals surface area contributed by atoms with Crippen molar-refractivity contribution in [1.29, 1.82) is 0 Å². The van der Waals surface area contributed by atoms with Crippen LogP contribution >= 0.6 is 0 Å². The first-order valence-electron chi connectivity index (χ1n) is 6.00. The zero-order valence-electron chi connectivity index (χ0n) is 10.9. The van der Waals surface area contributed by atoms with Gasteiger partial charge in [0, 0.05) is 31.2 Å². The average molecular weight is 294 g/mol. The lowest BCUT2D eigenvalue weighted by molar-refractivity contribution is -0.384. The van der Waals surface area contributed by atoms with E-state index in [1.54, 1.807) is 0 Å². The minimum atomic E-state index is -1.24. The number of amides is 1. The largest absolute Gasteiger partial charge is 0.480 e. The first kappa shape index (κ1) is 16.3. The predicted molar refractivity (Wildman–Crippen MR) is 73.4 cm³/mol. The zero-order valence-corrected chi connectivity index (χ0v) is 10.9. The van der Waals surface area contributed by atoms with Crippen molar-refractivity contribution in [3.8, 4) is 0 Å². The molecule has 1 amide bonds. The van der Waals surface area contributed by atoms with Gasteiger partial charge in [0.15, 0.2) is 0 Å². The van der Waals surface area contributed by atoms with Gasteiger partial charge in [-0.15, -0.1) is 0 Å². The third-order valence-corrected chi connectivity index (χ3v) is 2.56. The van der Waals surface area contributed by atoms with Crippen LogP contribution in [-0.2, 0) is 9.59 Å². The van der Waals surface area contributed by atoms with Crippen molar-refractivity contribution in [2.24, 2.45) is 0 Å². The highest BCUT2D eigenvalue weighted by molar-refractivity contribution is 5.94. The van der Waals surface area contributed by atoms with Gasteiger partial charge in [0.25, 0.3) is 5.69 Å². The molecule has 1 rings (SSSR count). The van der Waals surface area contributed by atoms with Crippen LogP contribution in [0.15, 0.2) is 30.3 Å². The van der Waals surface area contributed by atoms with Gasteiger partial charge in [-0.2, -0.15) is 0 Å². The monoisotopic (exact) mass is 294 g/mol. The quantitative estimate of drug-likeness (QED) is 0.382. The van der Waals surface area contributed by atoms with Crippen molar-refractivity contribution < 1.29 is 24.7 Å². The van der Waals surface area contributed by atoms with Crippen molar-refractivity contribution >= 4 is 23.6 Å². The Morgan fingerprint density at radius 1 is 1.33 bits per heavy atom. The number of carbonyl (C=O) groups is 2. The van der Waals surface area contributed by atoms with Crippen LogP contribution in [0.2, 0.25) is 0 Å². The summed E-state index contributed by atoms with van der Waals surface area (Å²) in [6.07, 6.45) is 2.43. The SMILES string of the molecule is O=C(/C=C/c1ccc([N+](=O)[O-])cc1)NC(CCO)C(=O)O. The fourth-order valence-electron chi connectivity index (χ4n) is 1.49. The number of carboxylic acid groups (broad SMARTS) is 1. The second-order valence-corrected chi connectivity index (χ2v) is 4.09. The lowest BCUT2D eigenvalue weighted by Gasteiger charge is -2.11. The first-order chi connectivity index (χ1) is 9.93. The second-order valence-electron chi connectivity index (χ2n) is 4.09. The molecule has 0 aliphatic heterocycles. The van der Waals surface area contributed by atoms with E-state index in [0.29, 0.717) is 5.56 Å². The Labute approximate surface area is 119 Å². The maximum atomic E-state index is 11.5. The molecule has 0 aliphatic rings. The third kappa shape index (κ3) is 5.41. The highest BCUT2D eigenvalue weighted by Crippen LogP contribution is 2.12. The highest BCUT2D eigenvalue weighted by Gasteiger charge is 2.17. The number of non-ortho nitro benzene ring substituents is 1. The van der Waals surface area contributed by atoms with Crippen LogP contribution in [0, 0.1) is 10.1 Å². The number of aliphatic carboxylic acids is 1. The number of aliphatic hydroxyl groups excluding tert-OH is 1. The summed E-state index contributed by atoms with van der Waals surface area (Å²) in [5.74, 6) is -1.87. The molecule has 0 saturated heterocycles. The number of nitrogens with zero attached hydrogens (tertiary/aromatic N) is 1. The molecule has 21 heavy (non-hydrogen) atoms.